The average molecular weight is 215 g/mol. The second kappa shape index (κ2) is 4.87. The first-order valence-electron chi connectivity index (χ1n) is 3.87. The third-order valence-corrected chi connectivity index (χ3v) is 2.36. The van der Waals surface area contributed by atoms with Crippen LogP contribution < -0.4 is 0 Å². The van der Waals surface area contributed by atoms with Crippen LogP contribution in [0.3, 0.4) is 0 Å². The summed E-state index contributed by atoms with van der Waals surface area (Å²) in [5.74, 6) is 0. The van der Waals surface area contributed by atoms with Crippen LogP contribution in [0.2, 0.25) is 0 Å². The Labute approximate surface area is 84.5 Å². The van der Waals surface area contributed by atoms with Crippen molar-refractivity contribution in [1.29, 1.82) is 0 Å². The molecule has 0 aliphatic carbocycles. The maximum absolute atomic E-state index is 10.3. The van der Waals surface area contributed by atoms with Crippen LogP contribution >= 0.6 is 11.8 Å². The molecule has 6 nitrogen and oxygen atoms in total. The van der Waals surface area contributed by atoms with E-state index in [4.69, 9.17) is 5.11 Å². The largest absolute Gasteiger partial charge is 0.395 e. The van der Waals surface area contributed by atoms with E-state index in [9.17, 15) is 10.1 Å². The number of aromatic nitrogens is 2. The molecule has 76 valence electrons. The molecule has 0 amide bonds. The SMILES string of the molecule is CC(CO)Sc1ncc([N+](=O)[O-])cn1. The lowest BCUT2D eigenvalue weighted by Gasteiger charge is -2.04. The molecule has 1 heterocycles. The Kier molecular flexibility index (Phi) is 3.78. The zero-order valence-electron chi connectivity index (χ0n) is 7.45. The van der Waals surface area contributed by atoms with E-state index < -0.39 is 4.92 Å². The molecule has 0 aromatic carbocycles. The van der Waals surface area contributed by atoms with Crippen LogP contribution in [0.4, 0.5) is 5.69 Å². The van der Waals surface area contributed by atoms with Crippen LogP contribution in [0.15, 0.2) is 17.6 Å². The van der Waals surface area contributed by atoms with Crippen LogP contribution in [-0.2, 0) is 0 Å². The third kappa shape index (κ3) is 2.93. The van der Waals surface area contributed by atoms with Crippen molar-refractivity contribution in [2.24, 2.45) is 0 Å². The fraction of sp³-hybridized carbons (Fsp3) is 0.429. The minimum absolute atomic E-state index is 0.0172. The normalized spacial score (nSPS) is 12.4. The van der Waals surface area contributed by atoms with Gasteiger partial charge in [0.25, 0.3) is 0 Å². The number of nitro groups is 1. The summed E-state index contributed by atoms with van der Waals surface area (Å²) in [6, 6.07) is 0. The Hall–Kier alpha value is -1.21. The fourth-order valence-corrected chi connectivity index (χ4v) is 1.34. The molecule has 7 heteroatoms. The number of aliphatic hydroxyl groups is 1. The zero-order valence-corrected chi connectivity index (χ0v) is 8.27. The van der Waals surface area contributed by atoms with E-state index >= 15 is 0 Å². The molecule has 0 fully saturated rings. The molecule has 0 radical (unpaired) electrons. The van der Waals surface area contributed by atoms with Crippen molar-refractivity contribution in [1.82, 2.24) is 9.97 Å². The van der Waals surface area contributed by atoms with Crippen molar-refractivity contribution in [2.45, 2.75) is 17.3 Å². The molecule has 0 aliphatic rings. The average Bonchev–Trinajstić information content (AvgIpc) is 2.18. The van der Waals surface area contributed by atoms with Gasteiger partial charge in [0.15, 0.2) is 5.16 Å². The second-order valence-electron chi connectivity index (χ2n) is 2.59. The summed E-state index contributed by atoms with van der Waals surface area (Å²) in [6.07, 6.45) is 2.30. The number of hydrogen-bond donors (Lipinski definition) is 1. The summed E-state index contributed by atoms with van der Waals surface area (Å²) in [6.45, 7) is 1.83. The Bertz CT molecular complexity index is 316. The highest BCUT2D eigenvalue weighted by Crippen LogP contribution is 2.19. The first-order chi connectivity index (χ1) is 6.63. The van der Waals surface area contributed by atoms with Crippen LogP contribution in [0.25, 0.3) is 0 Å². The van der Waals surface area contributed by atoms with E-state index in [-0.39, 0.29) is 17.5 Å². The van der Waals surface area contributed by atoms with Crippen LogP contribution in [-0.4, -0.2) is 31.9 Å². The molecule has 0 spiro atoms. The first-order valence-corrected chi connectivity index (χ1v) is 4.75. The molecule has 1 aromatic rings. The molecule has 1 rings (SSSR count). The first kappa shape index (κ1) is 10.9. The third-order valence-electron chi connectivity index (χ3n) is 1.39. The minimum atomic E-state index is -0.552. The summed E-state index contributed by atoms with van der Waals surface area (Å²) in [5.41, 5.74) is -0.133. The summed E-state index contributed by atoms with van der Waals surface area (Å²) < 4.78 is 0. The molecule has 14 heavy (non-hydrogen) atoms. The van der Waals surface area contributed by atoms with Gasteiger partial charge in [0.2, 0.25) is 0 Å². The van der Waals surface area contributed by atoms with Gasteiger partial charge in [-0.15, -0.1) is 0 Å². The molecule has 1 aromatic heterocycles. The van der Waals surface area contributed by atoms with Gasteiger partial charge in [-0.2, -0.15) is 0 Å². The topological polar surface area (TPSA) is 89.2 Å². The lowest BCUT2D eigenvalue weighted by Crippen LogP contribution is -2.03. The van der Waals surface area contributed by atoms with Gasteiger partial charge in [-0.1, -0.05) is 18.7 Å². The van der Waals surface area contributed by atoms with Crippen molar-refractivity contribution >= 4 is 17.4 Å². The highest BCUT2D eigenvalue weighted by atomic mass is 32.2. The summed E-state index contributed by atoms with van der Waals surface area (Å²) in [5, 5.41) is 19.4. The summed E-state index contributed by atoms with van der Waals surface area (Å²) >= 11 is 1.27. The Morgan fingerprint density at radius 1 is 1.64 bits per heavy atom. The monoisotopic (exact) mass is 215 g/mol. The van der Waals surface area contributed by atoms with Gasteiger partial charge < -0.3 is 5.11 Å². The number of aliphatic hydroxyl groups excluding tert-OH is 1. The molecule has 1 unspecified atom stereocenters. The maximum Gasteiger partial charge on any atom is 0.305 e. The molecule has 1 atom stereocenters. The standard InChI is InChI=1S/C7H9N3O3S/c1-5(4-11)14-7-8-2-6(3-9-7)10(12)13/h2-3,5,11H,4H2,1H3. The summed E-state index contributed by atoms with van der Waals surface area (Å²) in [7, 11) is 0. The van der Waals surface area contributed by atoms with Gasteiger partial charge in [0, 0.05) is 5.25 Å². The lowest BCUT2D eigenvalue weighted by atomic mass is 10.5. The molecule has 0 saturated heterocycles. The smallest absolute Gasteiger partial charge is 0.305 e. The van der Waals surface area contributed by atoms with Crippen molar-refractivity contribution < 1.29 is 10.0 Å². The highest BCUT2D eigenvalue weighted by molar-refractivity contribution is 7.99. The van der Waals surface area contributed by atoms with E-state index in [1.807, 2.05) is 6.92 Å². The van der Waals surface area contributed by atoms with E-state index in [1.54, 1.807) is 0 Å². The molecular weight excluding hydrogens is 206 g/mol. The van der Waals surface area contributed by atoms with Crippen molar-refractivity contribution in [3.8, 4) is 0 Å². The number of hydrogen-bond acceptors (Lipinski definition) is 6. The molecule has 0 aliphatic heterocycles. The van der Waals surface area contributed by atoms with Crippen LogP contribution in [0.5, 0.6) is 0 Å². The molecule has 0 saturated carbocycles. The minimum Gasteiger partial charge on any atom is -0.395 e. The zero-order chi connectivity index (χ0) is 10.6. The molecule has 0 bridgehead atoms. The highest BCUT2D eigenvalue weighted by Gasteiger charge is 2.09. The maximum atomic E-state index is 10.3. The number of thioether (sulfide) groups is 1. The van der Waals surface area contributed by atoms with Gasteiger partial charge in [-0.05, 0) is 0 Å². The summed E-state index contributed by atoms with van der Waals surface area (Å²) in [4.78, 5) is 17.3. The van der Waals surface area contributed by atoms with Gasteiger partial charge in [0.1, 0.15) is 12.4 Å². The quantitative estimate of drug-likeness (QED) is 0.347. The van der Waals surface area contributed by atoms with Gasteiger partial charge in [-0.25, -0.2) is 9.97 Å². The second-order valence-corrected chi connectivity index (χ2v) is 4.00. The Morgan fingerprint density at radius 2 is 2.21 bits per heavy atom. The predicted octanol–water partition coefficient (Wildman–Crippen LogP) is 0.858. The van der Waals surface area contributed by atoms with Crippen molar-refractivity contribution in [3.63, 3.8) is 0 Å². The van der Waals surface area contributed by atoms with Crippen LogP contribution in [0, 0.1) is 10.1 Å². The Balaban J connectivity index is 2.68. The van der Waals surface area contributed by atoms with Gasteiger partial charge in [-0.3, -0.25) is 10.1 Å². The van der Waals surface area contributed by atoms with Crippen LogP contribution in [0.1, 0.15) is 6.92 Å². The fourth-order valence-electron chi connectivity index (χ4n) is 0.682. The van der Waals surface area contributed by atoms with Crippen molar-refractivity contribution in [3.05, 3.63) is 22.5 Å². The Morgan fingerprint density at radius 3 is 2.64 bits per heavy atom. The lowest BCUT2D eigenvalue weighted by molar-refractivity contribution is -0.385. The molecule has 1 N–H and O–H groups in total. The van der Waals surface area contributed by atoms with E-state index in [0.717, 1.165) is 12.4 Å². The van der Waals surface area contributed by atoms with E-state index in [0.29, 0.717) is 5.16 Å². The van der Waals surface area contributed by atoms with E-state index in [1.165, 1.54) is 11.8 Å². The van der Waals surface area contributed by atoms with E-state index in [2.05, 4.69) is 9.97 Å². The number of nitrogens with zero attached hydrogens (tertiary/aromatic N) is 3. The number of rotatable bonds is 4. The predicted molar refractivity (Wildman–Crippen MR) is 51.1 cm³/mol. The van der Waals surface area contributed by atoms with Crippen molar-refractivity contribution in [2.75, 3.05) is 6.61 Å². The van der Waals surface area contributed by atoms with Gasteiger partial charge in [0.05, 0.1) is 11.5 Å². The van der Waals surface area contributed by atoms with Gasteiger partial charge >= 0.3 is 5.69 Å². The molecular formula is C7H9N3O3S.